The average molecular weight is 490 g/mol. The summed E-state index contributed by atoms with van der Waals surface area (Å²) in [4.78, 5) is 28.1. The normalized spacial score (nSPS) is 19.4. The first-order valence-corrected chi connectivity index (χ1v) is 11.8. The van der Waals surface area contributed by atoms with Crippen LogP contribution in [0.5, 0.6) is 0 Å². The minimum atomic E-state index is -0.634. The molecule has 9 heteroatoms. The lowest BCUT2D eigenvalue weighted by atomic mass is 9.86. The van der Waals surface area contributed by atoms with E-state index in [0.717, 1.165) is 11.4 Å². The Hall–Kier alpha value is -2.26. The fraction of sp³-hybridized carbons (Fsp3) is 0.458. The topological polar surface area (TPSA) is 108 Å². The van der Waals surface area contributed by atoms with E-state index < -0.39 is 12.1 Å². The number of amides is 1. The Bertz CT molecular complexity index is 1090. The maximum Gasteiger partial charge on any atom is 0.240 e. The third kappa shape index (κ3) is 5.46. The summed E-state index contributed by atoms with van der Waals surface area (Å²) in [6, 6.07) is 7.55. The lowest BCUT2D eigenvalue weighted by molar-refractivity contribution is -0.136. The van der Waals surface area contributed by atoms with Crippen LogP contribution in [-0.4, -0.2) is 49.6 Å². The van der Waals surface area contributed by atoms with Crippen molar-refractivity contribution >= 4 is 29.7 Å². The summed E-state index contributed by atoms with van der Waals surface area (Å²) in [6.45, 7) is 8.15. The van der Waals surface area contributed by atoms with Crippen LogP contribution in [0.1, 0.15) is 56.0 Å². The van der Waals surface area contributed by atoms with E-state index in [4.69, 9.17) is 5.73 Å². The number of hydrogen-bond donors (Lipinski definition) is 3. The predicted molar refractivity (Wildman–Crippen MR) is 133 cm³/mol. The van der Waals surface area contributed by atoms with Crippen molar-refractivity contribution < 1.29 is 9.90 Å². The molecule has 1 aromatic carbocycles. The average Bonchev–Trinajstić information content (AvgIpc) is 3.47. The van der Waals surface area contributed by atoms with Crippen LogP contribution in [0.25, 0.3) is 10.4 Å². The number of halogens is 1. The van der Waals surface area contributed by atoms with Crippen molar-refractivity contribution in [3.63, 3.8) is 0 Å². The molecule has 3 aromatic rings. The van der Waals surface area contributed by atoms with Gasteiger partial charge < -0.3 is 20.7 Å². The smallest absolute Gasteiger partial charge is 0.240 e. The standard InChI is InChI=1S/C24H31N5O2S.ClH/c1-14-20(32-13-27-14)16-7-5-15(6-8-16)9-17-11-26-22(28-17)19-10-18(30)12-29(19)23(31)21(25)24(2,3)4;/h5-8,11,13,18-19,21,30H,9-10,12,25H2,1-4H3,(H,26,28);1H/t18-,19?,21-;/m1./s1. The fourth-order valence-corrected chi connectivity index (χ4v) is 4.89. The molecule has 1 fully saturated rings. The largest absolute Gasteiger partial charge is 0.391 e. The van der Waals surface area contributed by atoms with Crippen molar-refractivity contribution in [3.8, 4) is 10.4 Å². The molecule has 1 saturated heterocycles. The van der Waals surface area contributed by atoms with Gasteiger partial charge in [0.15, 0.2) is 0 Å². The van der Waals surface area contributed by atoms with E-state index >= 15 is 0 Å². The quantitative estimate of drug-likeness (QED) is 0.504. The Morgan fingerprint density at radius 3 is 2.61 bits per heavy atom. The van der Waals surface area contributed by atoms with Crippen LogP contribution in [0.4, 0.5) is 0 Å². The highest BCUT2D eigenvalue weighted by Gasteiger charge is 2.41. The Balaban J connectivity index is 0.00000306. The zero-order chi connectivity index (χ0) is 23.0. The minimum Gasteiger partial charge on any atom is -0.391 e. The number of rotatable bonds is 5. The van der Waals surface area contributed by atoms with Crippen molar-refractivity contribution in [2.24, 2.45) is 11.1 Å². The molecule has 0 saturated carbocycles. The second-order valence-electron chi connectivity index (χ2n) is 9.67. The summed E-state index contributed by atoms with van der Waals surface area (Å²) in [6.07, 6.45) is 2.40. The summed E-state index contributed by atoms with van der Waals surface area (Å²) in [5, 5.41) is 10.3. The van der Waals surface area contributed by atoms with Gasteiger partial charge in [0.05, 0.1) is 34.3 Å². The zero-order valence-electron chi connectivity index (χ0n) is 19.4. The summed E-state index contributed by atoms with van der Waals surface area (Å²) in [7, 11) is 0. The molecule has 7 nitrogen and oxygen atoms in total. The number of hydrogen-bond acceptors (Lipinski definition) is 6. The third-order valence-corrected chi connectivity index (χ3v) is 7.06. The van der Waals surface area contributed by atoms with E-state index in [1.54, 1.807) is 16.2 Å². The summed E-state index contributed by atoms with van der Waals surface area (Å²) in [5.41, 5.74) is 12.1. The number of H-pyrrole nitrogens is 1. The number of carbonyl (C=O) groups excluding carboxylic acids is 1. The van der Waals surface area contributed by atoms with E-state index in [-0.39, 0.29) is 36.3 Å². The van der Waals surface area contributed by atoms with E-state index in [1.807, 2.05) is 39.4 Å². The van der Waals surface area contributed by atoms with Crippen LogP contribution in [0, 0.1) is 12.3 Å². The number of imidazole rings is 1. The lowest BCUT2D eigenvalue weighted by Crippen LogP contribution is -2.50. The Morgan fingerprint density at radius 2 is 2.00 bits per heavy atom. The van der Waals surface area contributed by atoms with Crippen LogP contribution >= 0.6 is 23.7 Å². The summed E-state index contributed by atoms with van der Waals surface area (Å²) < 4.78 is 0. The Kier molecular flexibility index (Phi) is 7.63. The summed E-state index contributed by atoms with van der Waals surface area (Å²) >= 11 is 1.65. The number of nitrogens with two attached hydrogens (primary N) is 1. The molecule has 0 bridgehead atoms. The van der Waals surface area contributed by atoms with Crippen LogP contribution in [-0.2, 0) is 11.2 Å². The number of carbonyl (C=O) groups is 1. The minimum absolute atomic E-state index is 0. The first-order chi connectivity index (χ1) is 15.1. The van der Waals surface area contributed by atoms with E-state index in [9.17, 15) is 9.90 Å². The second kappa shape index (κ2) is 9.93. The number of nitrogens with one attached hydrogen (secondary N) is 1. The third-order valence-electron chi connectivity index (χ3n) is 6.08. The number of β-amino-alcohol motifs (C(OH)–C–C–N with tert-alkyl or cyclic N) is 1. The number of likely N-dealkylation sites (tertiary alicyclic amines) is 1. The number of aliphatic hydroxyl groups is 1. The van der Waals surface area contributed by atoms with Gasteiger partial charge >= 0.3 is 0 Å². The lowest BCUT2D eigenvalue weighted by Gasteiger charge is -2.32. The molecule has 4 N–H and O–H groups in total. The highest BCUT2D eigenvalue weighted by atomic mass is 35.5. The SMILES string of the molecule is Cc1ncsc1-c1ccc(Cc2cnc(C3C[C@@H](O)CN3C(=O)[C@@H](N)C(C)(C)C)[nH]2)cc1.Cl. The number of nitrogens with zero attached hydrogens (tertiary/aromatic N) is 3. The number of aryl methyl sites for hydroxylation is 1. The van der Waals surface area contributed by atoms with Gasteiger partial charge in [0.2, 0.25) is 5.91 Å². The van der Waals surface area contributed by atoms with Gasteiger partial charge in [0, 0.05) is 31.3 Å². The number of benzene rings is 1. The predicted octanol–water partition coefficient (Wildman–Crippen LogP) is 3.86. The molecule has 1 amide bonds. The summed E-state index contributed by atoms with van der Waals surface area (Å²) in [5.74, 6) is 0.550. The zero-order valence-corrected chi connectivity index (χ0v) is 21.0. The first-order valence-electron chi connectivity index (χ1n) is 10.9. The number of aromatic amines is 1. The van der Waals surface area contributed by atoms with E-state index in [2.05, 4.69) is 39.2 Å². The van der Waals surface area contributed by atoms with Gasteiger partial charge in [0.25, 0.3) is 0 Å². The maximum atomic E-state index is 13.0. The molecule has 3 heterocycles. The van der Waals surface area contributed by atoms with Crippen molar-refractivity contribution in [1.82, 2.24) is 19.9 Å². The number of aromatic nitrogens is 3. The molecule has 0 radical (unpaired) electrons. The van der Waals surface area contributed by atoms with Crippen LogP contribution < -0.4 is 5.73 Å². The van der Waals surface area contributed by atoms with E-state index in [0.29, 0.717) is 18.7 Å². The van der Waals surface area contributed by atoms with Gasteiger partial charge in [-0.2, -0.15) is 0 Å². The van der Waals surface area contributed by atoms with Crippen molar-refractivity contribution in [2.45, 2.75) is 58.7 Å². The van der Waals surface area contributed by atoms with E-state index in [1.165, 1.54) is 16.0 Å². The first kappa shape index (κ1) is 25.4. The number of aliphatic hydroxyl groups excluding tert-OH is 1. The molecule has 4 rings (SSSR count). The van der Waals surface area contributed by atoms with Gasteiger partial charge in [-0.15, -0.1) is 23.7 Å². The van der Waals surface area contributed by atoms with Gasteiger partial charge in [-0.05, 0) is 23.5 Å². The molecule has 2 aromatic heterocycles. The fourth-order valence-electron chi connectivity index (χ4n) is 4.07. The molecular formula is C24H32ClN5O2S. The highest BCUT2D eigenvalue weighted by Crippen LogP contribution is 2.33. The molecule has 1 aliphatic heterocycles. The van der Waals surface area contributed by atoms with Crippen molar-refractivity contribution in [3.05, 3.63) is 58.7 Å². The molecule has 1 aliphatic rings. The molecule has 33 heavy (non-hydrogen) atoms. The van der Waals surface area contributed by atoms with Gasteiger partial charge in [0.1, 0.15) is 5.82 Å². The maximum absolute atomic E-state index is 13.0. The Labute approximate surface area is 204 Å². The van der Waals surface area contributed by atoms with Crippen molar-refractivity contribution in [2.75, 3.05) is 6.54 Å². The van der Waals surface area contributed by atoms with Crippen molar-refractivity contribution in [1.29, 1.82) is 0 Å². The molecule has 178 valence electrons. The van der Waals surface area contributed by atoms with Gasteiger partial charge in [-0.1, -0.05) is 45.0 Å². The number of thiazole rings is 1. The van der Waals surface area contributed by atoms with Crippen LogP contribution in [0.2, 0.25) is 0 Å². The van der Waals surface area contributed by atoms with Crippen LogP contribution in [0.15, 0.2) is 36.0 Å². The van der Waals surface area contributed by atoms with Gasteiger partial charge in [-0.3, -0.25) is 4.79 Å². The molecule has 0 aliphatic carbocycles. The molecule has 0 spiro atoms. The monoisotopic (exact) mass is 489 g/mol. The second-order valence-corrected chi connectivity index (χ2v) is 10.5. The molecule has 3 atom stereocenters. The highest BCUT2D eigenvalue weighted by molar-refractivity contribution is 7.13. The molecule has 1 unspecified atom stereocenters. The Morgan fingerprint density at radius 1 is 1.30 bits per heavy atom. The molecular weight excluding hydrogens is 458 g/mol. The van der Waals surface area contributed by atoms with Gasteiger partial charge in [-0.25, -0.2) is 9.97 Å². The van der Waals surface area contributed by atoms with Crippen LogP contribution in [0.3, 0.4) is 0 Å².